The second-order valence-corrected chi connectivity index (χ2v) is 7.01. The number of thioether (sulfide) groups is 1. The van der Waals surface area contributed by atoms with Crippen LogP contribution in [0.2, 0.25) is 0 Å². The van der Waals surface area contributed by atoms with Crippen LogP contribution in [0.4, 0.5) is 5.82 Å². The summed E-state index contributed by atoms with van der Waals surface area (Å²) in [6.07, 6.45) is 1.93. The zero-order chi connectivity index (χ0) is 16.4. The molecule has 0 spiro atoms. The predicted molar refractivity (Wildman–Crippen MR) is 94.7 cm³/mol. The quantitative estimate of drug-likeness (QED) is 0.680. The average molecular weight is 345 g/mol. The highest BCUT2D eigenvalue weighted by atomic mass is 32.2. The van der Waals surface area contributed by atoms with Gasteiger partial charge >= 0.3 is 5.97 Å². The van der Waals surface area contributed by atoms with Crippen LogP contribution in [0.3, 0.4) is 0 Å². The molecule has 0 radical (unpaired) electrons. The van der Waals surface area contributed by atoms with Gasteiger partial charge in [0.15, 0.2) is 0 Å². The first-order valence-corrected chi connectivity index (χ1v) is 9.00. The van der Waals surface area contributed by atoms with Crippen LogP contribution in [-0.4, -0.2) is 27.3 Å². The molecule has 1 aromatic carbocycles. The number of hydrogen-bond donors (Lipinski definition) is 2. The number of nitrogens with zero attached hydrogens (tertiary/aromatic N) is 2. The van der Waals surface area contributed by atoms with Gasteiger partial charge < -0.3 is 10.4 Å². The number of hydrogen-bond acceptors (Lipinski definition) is 6. The molecule has 0 amide bonds. The molecule has 7 heteroatoms. The summed E-state index contributed by atoms with van der Waals surface area (Å²) in [7, 11) is 0. The summed E-state index contributed by atoms with van der Waals surface area (Å²) in [5.41, 5.74) is 1.64. The Bertz CT molecular complexity index is 863. The fourth-order valence-electron chi connectivity index (χ4n) is 2.32. The van der Waals surface area contributed by atoms with Crippen molar-refractivity contribution >= 4 is 45.8 Å². The summed E-state index contributed by atoms with van der Waals surface area (Å²) in [5.74, 6) is 0.290. The molecular formula is C16H15N3O2S2. The number of thiophene rings is 1. The second-order valence-electron chi connectivity index (χ2n) is 4.91. The van der Waals surface area contributed by atoms with Crippen molar-refractivity contribution < 1.29 is 9.90 Å². The smallest absolute Gasteiger partial charge is 0.348 e. The van der Waals surface area contributed by atoms with Gasteiger partial charge in [-0.25, -0.2) is 14.8 Å². The Kier molecular flexibility index (Phi) is 4.49. The van der Waals surface area contributed by atoms with Gasteiger partial charge in [-0.2, -0.15) is 0 Å². The van der Waals surface area contributed by atoms with Crippen LogP contribution < -0.4 is 5.32 Å². The molecule has 0 fully saturated rings. The SMILES string of the molecule is CSc1sc(C(=O)O)c2nc(C)nc(NCc3ccccc3)c12. The first-order chi connectivity index (χ1) is 11.1. The molecule has 0 unspecified atom stereocenters. The molecule has 5 nitrogen and oxygen atoms in total. The molecule has 2 aromatic heterocycles. The molecule has 0 aliphatic carbocycles. The lowest BCUT2D eigenvalue weighted by molar-refractivity contribution is 0.0704. The minimum absolute atomic E-state index is 0.262. The number of aryl methyl sites for hydroxylation is 1. The van der Waals surface area contributed by atoms with E-state index in [0.29, 0.717) is 23.7 Å². The van der Waals surface area contributed by atoms with Gasteiger partial charge in [0.2, 0.25) is 0 Å². The Morgan fingerprint density at radius 3 is 2.70 bits per heavy atom. The lowest BCUT2D eigenvalue weighted by Crippen LogP contribution is -2.04. The Balaban J connectivity index is 2.07. The third-order valence-corrected chi connectivity index (χ3v) is 5.60. The number of benzene rings is 1. The first-order valence-electron chi connectivity index (χ1n) is 6.96. The van der Waals surface area contributed by atoms with Crippen LogP contribution in [-0.2, 0) is 6.54 Å². The van der Waals surface area contributed by atoms with Gasteiger partial charge in [0.1, 0.15) is 22.0 Å². The molecule has 0 atom stereocenters. The number of anilines is 1. The number of aromatic nitrogens is 2. The van der Waals surface area contributed by atoms with E-state index in [1.165, 1.54) is 23.1 Å². The summed E-state index contributed by atoms with van der Waals surface area (Å²) in [6.45, 7) is 2.40. The molecule has 0 saturated carbocycles. The van der Waals surface area contributed by atoms with E-state index in [1.807, 2.05) is 36.6 Å². The second kappa shape index (κ2) is 6.55. The van der Waals surface area contributed by atoms with Crippen LogP contribution in [0.1, 0.15) is 21.1 Å². The monoisotopic (exact) mass is 345 g/mol. The minimum Gasteiger partial charge on any atom is -0.477 e. The number of aromatic carboxylic acids is 1. The zero-order valence-corrected chi connectivity index (χ0v) is 14.3. The fraction of sp³-hybridized carbons (Fsp3) is 0.188. The molecule has 3 aromatic rings. The minimum atomic E-state index is -0.951. The van der Waals surface area contributed by atoms with E-state index in [9.17, 15) is 9.90 Å². The fourth-order valence-corrected chi connectivity index (χ4v) is 4.11. The molecular weight excluding hydrogens is 330 g/mol. The molecule has 0 bridgehead atoms. The van der Waals surface area contributed by atoms with Gasteiger partial charge in [0.05, 0.1) is 9.60 Å². The first kappa shape index (κ1) is 15.8. The normalized spacial score (nSPS) is 10.9. The van der Waals surface area contributed by atoms with Crippen molar-refractivity contribution in [2.45, 2.75) is 17.7 Å². The largest absolute Gasteiger partial charge is 0.477 e. The Labute approximate surface area is 141 Å². The molecule has 2 heterocycles. The van der Waals surface area contributed by atoms with Crippen molar-refractivity contribution in [1.29, 1.82) is 0 Å². The number of fused-ring (bicyclic) bond motifs is 1. The van der Waals surface area contributed by atoms with Gasteiger partial charge in [0.25, 0.3) is 0 Å². The summed E-state index contributed by atoms with van der Waals surface area (Å²) in [6, 6.07) is 10.0. The number of carboxylic acids is 1. The van der Waals surface area contributed by atoms with Crippen molar-refractivity contribution in [3.05, 3.63) is 46.6 Å². The maximum Gasteiger partial charge on any atom is 0.348 e. The highest BCUT2D eigenvalue weighted by Gasteiger charge is 2.21. The molecule has 2 N–H and O–H groups in total. The van der Waals surface area contributed by atoms with Crippen LogP contribution in [0, 0.1) is 6.92 Å². The predicted octanol–water partition coefficient (Wildman–Crippen LogP) is 4.03. The lowest BCUT2D eigenvalue weighted by atomic mass is 10.2. The van der Waals surface area contributed by atoms with Gasteiger partial charge in [0, 0.05) is 6.54 Å². The molecule has 0 saturated heterocycles. The maximum atomic E-state index is 11.5. The highest BCUT2D eigenvalue weighted by Crippen LogP contribution is 2.39. The van der Waals surface area contributed by atoms with Crippen molar-refractivity contribution in [1.82, 2.24) is 9.97 Å². The molecule has 23 heavy (non-hydrogen) atoms. The van der Waals surface area contributed by atoms with Crippen molar-refractivity contribution in [3.63, 3.8) is 0 Å². The van der Waals surface area contributed by atoms with Crippen LogP contribution in [0.5, 0.6) is 0 Å². The van der Waals surface area contributed by atoms with E-state index in [4.69, 9.17) is 0 Å². The number of carbonyl (C=O) groups is 1. The topological polar surface area (TPSA) is 75.1 Å². The van der Waals surface area contributed by atoms with E-state index < -0.39 is 5.97 Å². The zero-order valence-electron chi connectivity index (χ0n) is 12.7. The van der Waals surface area contributed by atoms with Gasteiger partial charge in [-0.15, -0.1) is 23.1 Å². The average Bonchev–Trinajstić information content (AvgIpc) is 2.92. The third-order valence-electron chi connectivity index (χ3n) is 3.32. The lowest BCUT2D eigenvalue weighted by Gasteiger charge is -2.09. The van der Waals surface area contributed by atoms with E-state index in [-0.39, 0.29) is 4.88 Å². The van der Waals surface area contributed by atoms with E-state index in [1.54, 1.807) is 6.92 Å². The van der Waals surface area contributed by atoms with Crippen LogP contribution in [0.25, 0.3) is 10.9 Å². The number of carboxylic acid groups (broad SMARTS) is 1. The van der Waals surface area contributed by atoms with Crippen LogP contribution >= 0.6 is 23.1 Å². The van der Waals surface area contributed by atoms with E-state index in [2.05, 4.69) is 15.3 Å². The standard InChI is InChI=1S/C16H15N3O2S2/c1-9-18-12-11(16(22-2)23-13(12)15(20)21)14(19-9)17-8-10-6-4-3-5-7-10/h3-7H,8H2,1-2H3,(H,20,21)(H,17,18,19). The molecule has 118 valence electrons. The molecule has 3 rings (SSSR count). The van der Waals surface area contributed by atoms with Gasteiger partial charge in [-0.1, -0.05) is 30.3 Å². The van der Waals surface area contributed by atoms with Crippen molar-refractivity contribution in [3.8, 4) is 0 Å². The summed E-state index contributed by atoms with van der Waals surface area (Å²) in [5, 5.41) is 13.5. The number of nitrogens with one attached hydrogen (secondary N) is 1. The Morgan fingerprint density at radius 1 is 1.30 bits per heavy atom. The number of rotatable bonds is 5. The van der Waals surface area contributed by atoms with E-state index >= 15 is 0 Å². The summed E-state index contributed by atoms with van der Waals surface area (Å²) in [4.78, 5) is 20.6. The van der Waals surface area contributed by atoms with Crippen LogP contribution in [0.15, 0.2) is 34.5 Å². The highest BCUT2D eigenvalue weighted by molar-refractivity contribution is 8.00. The third kappa shape index (κ3) is 3.16. The maximum absolute atomic E-state index is 11.5. The Morgan fingerprint density at radius 2 is 2.04 bits per heavy atom. The Hall–Kier alpha value is -2.12. The molecule has 0 aliphatic heterocycles. The summed E-state index contributed by atoms with van der Waals surface area (Å²) < 4.78 is 0.910. The molecule has 0 aliphatic rings. The summed E-state index contributed by atoms with van der Waals surface area (Å²) >= 11 is 2.76. The van der Waals surface area contributed by atoms with Gasteiger partial charge in [-0.05, 0) is 18.7 Å². The van der Waals surface area contributed by atoms with Gasteiger partial charge in [-0.3, -0.25) is 0 Å². The van der Waals surface area contributed by atoms with Crippen molar-refractivity contribution in [2.24, 2.45) is 0 Å². The van der Waals surface area contributed by atoms with E-state index in [0.717, 1.165) is 15.2 Å². The van der Waals surface area contributed by atoms with Crippen molar-refractivity contribution in [2.75, 3.05) is 11.6 Å².